The molecule has 0 unspecified atom stereocenters. The van der Waals surface area contributed by atoms with Crippen LogP contribution in [0.5, 0.6) is 0 Å². The van der Waals surface area contributed by atoms with Gasteiger partial charge in [0, 0.05) is 37.6 Å². The summed E-state index contributed by atoms with van der Waals surface area (Å²) in [5, 5.41) is 2.88. The Morgan fingerprint density at radius 2 is 2.05 bits per heavy atom. The third kappa shape index (κ3) is 3.50. The second-order valence-electron chi connectivity index (χ2n) is 5.92. The van der Waals surface area contributed by atoms with E-state index in [1.165, 1.54) is 24.7 Å². The molecule has 1 N–H and O–H groups in total. The van der Waals surface area contributed by atoms with Crippen molar-refractivity contribution in [3.8, 4) is 0 Å². The SMILES string of the molecule is Cc1cnc(C(=O)NCCc2ncc(C)n2CC2CC2)cn1. The van der Waals surface area contributed by atoms with Gasteiger partial charge in [-0.2, -0.15) is 0 Å². The van der Waals surface area contributed by atoms with Crippen LogP contribution in [-0.4, -0.2) is 32.0 Å². The summed E-state index contributed by atoms with van der Waals surface area (Å²) in [6.45, 7) is 5.53. The molecule has 22 heavy (non-hydrogen) atoms. The molecule has 1 aliphatic rings. The Labute approximate surface area is 130 Å². The van der Waals surface area contributed by atoms with Crippen molar-refractivity contribution in [2.45, 2.75) is 39.7 Å². The Morgan fingerprint density at radius 3 is 2.73 bits per heavy atom. The lowest BCUT2D eigenvalue weighted by Crippen LogP contribution is -2.27. The van der Waals surface area contributed by atoms with Crippen molar-refractivity contribution >= 4 is 5.91 Å². The van der Waals surface area contributed by atoms with Crippen LogP contribution in [0.15, 0.2) is 18.6 Å². The first-order valence-electron chi connectivity index (χ1n) is 7.71. The predicted molar refractivity (Wildman–Crippen MR) is 82.5 cm³/mol. The van der Waals surface area contributed by atoms with E-state index < -0.39 is 0 Å². The maximum Gasteiger partial charge on any atom is 0.271 e. The van der Waals surface area contributed by atoms with Gasteiger partial charge in [-0.1, -0.05) is 0 Å². The van der Waals surface area contributed by atoms with Crippen LogP contribution in [0.4, 0.5) is 0 Å². The van der Waals surface area contributed by atoms with Crippen LogP contribution in [0, 0.1) is 19.8 Å². The number of hydrogen-bond donors (Lipinski definition) is 1. The lowest BCUT2D eigenvalue weighted by atomic mass is 10.3. The lowest BCUT2D eigenvalue weighted by molar-refractivity contribution is 0.0948. The maximum atomic E-state index is 12.0. The molecule has 0 radical (unpaired) electrons. The molecule has 116 valence electrons. The van der Waals surface area contributed by atoms with E-state index in [0.29, 0.717) is 12.2 Å². The van der Waals surface area contributed by atoms with Gasteiger partial charge in [0.05, 0.1) is 11.9 Å². The highest BCUT2D eigenvalue weighted by molar-refractivity contribution is 5.91. The van der Waals surface area contributed by atoms with Crippen molar-refractivity contribution in [3.05, 3.63) is 41.5 Å². The van der Waals surface area contributed by atoms with E-state index >= 15 is 0 Å². The molecular weight excluding hydrogens is 278 g/mol. The van der Waals surface area contributed by atoms with Crippen LogP contribution in [0.1, 0.15) is 40.5 Å². The number of imidazole rings is 1. The van der Waals surface area contributed by atoms with Crippen molar-refractivity contribution in [2.75, 3.05) is 6.54 Å². The highest BCUT2D eigenvalue weighted by atomic mass is 16.1. The summed E-state index contributed by atoms with van der Waals surface area (Å²) in [6, 6.07) is 0. The highest BCUT2D eigenvalue weighted by Gasteiger charge is 2.23. The molecule has 1 amide bonds. The topological polar surface area (TPSA) is 72.7 Å². The fourth-order valence-electron chi connectivity index (χ4n) is 2.41. The van der Waals surface area contributed by atoms with Gasteiger partial charge in [-0.05, 0) is 32.6 Å². The van der Waals surface area contributed by atoms with E-state index in [-0.39, 0.29) is 5.91 Å². The van der Waals surface area contributed by atoms with Crippen molar-refractivity contribution in [2.24, 2.45) is 5.92 Å². The van der Waals surface area contributed by atoms with Crippen molar-refractivity contribution < 1.29 is 4.79 Å². The van der Waals surface area contributed by atoms with Gasteiger partial charge in [0.1, 0.15) is 11.5 Å². The Kier molecular flexibility index (Phi) is 4.18. The monoisotopic (exact) mass is 299 g/mol. The number of hydrogen-bond acceptors (Lipinski definition) is 4. The minimum Gasteiger partial charge on any atom is -0.350 e. The molecule has 0 atom stereocenters. The summed E-state index contributed by atoms with van der Waals surface area (Å²) in [4.78, 5) is 24.6. The summed E-state index contributed by atoms with van der Waals surface area (Å²) >= 11 is 0. The summed E-state index contributed by atoms with van der Waals surface area (Å²) in [6.07, 6.45) is 8.37. The number of aryl methyl sites for hydroxylation is 2. The highest BCUT2D eigenvalue weighted by Crippen LogP contribution is 2.31. The molecule has 0 bridgehead atoms. The van der Waals surface area contributed by atoms with Gasteiger partial charge in [-0.15, -0.1) is 0 Å². The van der Waals surface area contributed by atoms with Gasteiger partial charge in [0.25, 0.3) is 5.91 Å². The van der Waals surface area contributed by atoms with Gasteiger partial charge >= 0.3 is 0 Å². The minimum atomic E-state index is -0.190. The Bertz CT molecular complexity index is 658. The quantitative estimate of drug-likeness (QED) is 0.880. The summed E-state index contributed by atoms with van der Waals surface area (Å²) in [5.41, 5.74) is 2.34. The maximum absolute atomic E-state index is 12.0. The molecule has 2 aromatic rings. The summed E-state index contributed by atoms with van der Waals surface area (Å²) in [5.74, 6) is 1.66. The molecule has 2 heterocycles. The minimum absolute atomic E-state index is 0.190. The average Bonchev–Trinajstić information content (AvgIpc) is 3.26. The van der Waals surface area contributed by atoms with Crippen LogP contribution in [-0.2, 0) is 13.0 Å². The van der Waals surface area contributed by atoms with Crippen LogP contribution < -0.4 is 5.32 Å². The molecule has 3 rings (SSSR count). The van der Waals surface area contributed by atoms with Crippen LogP contribution in [0.2, 0.25) is 0 Å². The first kappa shape index (κ1) is 14.7. The molecule has 0 aromatic carbocycles. The number of nitrogens with one attached hydrogen (secondary N) is 1. The Morgan fingerprint density at radius 1 is 1.23 bits per heavy atom. The molecule has 2 aromatic heterocycles. The van der Waals surface area contributed by atoms with E-state index in [4.69, 9.17) is 0 Å². The van der Waals surface area contributed by atoms with Gasteiger partial charge in [-0.25, -0.2) is 9.97 Å². The second kappa shape index (κ2) is 6.25. The van der Waals surface area contributed by atoms with E-state index in [2.05, 4.69) is 31.8 Å². The summed E-state index contributed by atoms with van der Waals surface area (Å²) in [7, 11) is 0. The number of rotatable bonds is 6. The number of carbonyl (C=O) groups is 1. The molecule has 1 aliphatic carbocycles. The zero-order valence-corrected chi connectivity index (χ0v) is 13.0. The zero-order valence-electron chi connectivity index (χ0n) is 13.0. The lowest BCUT2D eigenvalue weighted by Gasteiger charge is -2.10. The molecule has 1 saturated carbocycles. The Hall–Kier alpha value is -2.24. The fourth-order valence-corrected chi connectivity index (χ4v) is 2.41. The van der Waals surface area contributed by atoms with Crippen molar-refractivity contribution in [1.82, 2.24) is 24.8 Å². The average molecular weight is 299 g/mol. The number of carbonyl (C=O) groups excluding carboxylic acids is 1. The predicted octanol–water partition coefficient (Wildman–Crippen LogP) is 1.67. The van der Waals surface area contributed by atoms with E-state index in [1.54, 1.807) is 6.20 Å². The second-order valence-corrected chi connectivity index (χ2v) is 5.92. The van der Waals surface area contributed by atoms with Crippen LogP contribution >= 0.6 is 0 Å². The van der Waals surface area contributed by atoms with Crippen LogP contribution in [0.3, 0.4) is 0 Å². The smallest absolute Gasteiger partial charge is 0.271 e. The van der Waals surface area contributed by atoms with Gasteiger partial charge in [0.2, 0.25) is 0 Å². The van der Waals surface area contributed by atoms with Gasteiger partial charge < -0.3 is 9.88 Å². The largest absolute Gasteiger partial charge is 0.350 e. The fraction of sp³-hybridized carbons (Fsp3) is 0.500. The Balaban J connectivity index is 1.54. The van der Waals surface area contributed by atoms with Crippen LogP contribution in [0.25, 0.3) is 0 Å². The molecular formula is C16H21N5O. The van der Waals surface area contributed by atoms with E-state index in [0.717, 1.165) is 30.4 Å². The molecule has 0 aliphatic heterocycles. The standard InChI is InChI=1S/C16H21N5O/c1-11-7-19-14(9-18-11)16(22)17-6-5-15-20-8-12(2)21(15)10-13-3-4-13/h7-9,13H,3-6,10H2,1-2H3,(H,17,22). The summed E-state index contributed by atoms with van der Waals surface area (Å²) < 4.78 is 2.27. The zero-order chi connectivity index (χ0) is 15.5. The third-order valence-electron chi connectivity index (χ3n) is 3.92. The van der Waals surface area contributed by atoms with Gasteiger partial charge in [0.15, 0.2) is 0 Å². The van der Waals surface area contributed by atoms with E-state index in [9.17, 15) is 4.79 Å². The third-order valence-corrected chi connectivity index (χ3v) is 3.92. The number of nitrogens with zero attached hydrogens (tertiary/aromatic N) is 4. The first-order valence-corrected chi connectivity index (χ1v) is 7.71. The van der Waals surface area contributed by atoms with Crippen molar-refractivity contribution in [1.29, 1.82) is 0 Å². The molecule has 6 heteroatoms. The van der Waals surface area contributed by atoms with E-state index in [1.807, 2.05) is 13.1 Å². The number of amides is 1. The van der Waals surface area contributed by atoms with Crippen molar-refractivity contribution in [3.63, 3.8) is 0 Å². The van der Waals surface area contributed by atoms with Gasteiger partial charge in [-0.3, -0.25) is 9.78 Å². The number of aromatic nitrogens is 4. The molecule has 1 fully saturated rings. The first-order chi connectivity index (χ1) is 10.6. The molecule has 6 nitrogen and oxygen atoms in total. The normalized spacial score (nSPS) is 14.1. The molecule has 0 saturated heterocycles. The molecule has 0 spiro atoms.